The molecular weight excluding hydrogens is 171 g/mol. The molecule has 0 unspecified atom stereocenters. The average Bonchev–Trinajstić information content (AvgIpc) is 2.13. The van der Waals surface area contributed by atoms with Crippen LogP contribution in [0.1, 0.15) is 24.9 Å². The van der Waals surface area contributed by atoms with Crippen molar-refractivity contribution < 1.29 is 9.50 Å². The molecule has 0 saturated heterocycles. The highest BCUT2D eigenvalue weighted by atomic mass is 19.1. The van der Waals surface area contributed by atoms with E-state index in [0.29, 0.717) is 12.0 Å². The molecule has 3 nitrogen and oxygen atoms in total. The molecule has 1 rings (SSSR count). The van der Waals surface area contributed by atoms with Crippen LogP contribution in [0.3, 0.4) is 0 Å². The Hall–Kier alpha value is -1.13. The Morgan fingerprint density at radius 3 is 2.85 bits per heavy atom. The Bertz CT molecular complexity index is 287. The summed E-state index contributed by atoms with van der Waals surface area (Å²) in [5, 5.41) is 9.41. The van der Waals surface area contributed by atoms with Gasteiger partial charge in [-0.05, 0) is 24.6 Å². The largest absolute Gasteiger partial charge is 0.508 e. The van der Waals surface area contributed by atoms with Gasteiger partial charge in [-0.3, -0.25) is 11.3 Å². The summed E-state index contributed by atoms with van der Waals surface area (Å²) in [6, 6.07) is 3.60. The van der Waals surface area contributed by atoms with Gasteiger partial charge >= 0.3 is 0 Å². The van der Waals surface area contributed by atoms with E-state index in [1.165, 1.54) is 18.2 Å². The topological polar surface area (TPSA) is 58.3 Å². The molecule has 0 saturated carbocycles. The molecule has 0 amide bonds. The molecule has 4 N–H and O–H groups in total. The number of hydrogen-bond acceptors (Lipinski definition) is 3. The van der Waals surface area contributed by atoms with Crippen LogP contribution in [0.2, 0.25) is 0 Å². The molecular formula is C9H13FN2O. The van der Waals surface area contributed by atoms with E-state index in [0.717, 1.165) is 0 Å². The van der Waals surface area contributed by atoms with Crippen LogP contribution in [-0.4, -0.2) is 5.11 Å². The summed E-state index contributed by atoms with van der Waals surface area (Å²) in [4.78, 5) is 0. The lowest BCUT2D eigenvalue weighted by molar-refractivity contribution is 0.441. The molecule has 0 aliphatic rings. The van der Waals surface area contributed by atoms with E-state index >= 15 is 0 Å². The van der Waals surface area contributed by atoms with Crippen molar-refractivity contribution in [1.29, 1.82) is 0 Å². The van der Waals surface area contributed by atoms with E-state index in [9.17, 15) is 9.50 Å². The minimum atomic E-state index is -0.374. The first-order valence-corrected chi connectivity index (χ1v) is 4.13. The zero-order chi connectivity index (χ0) is 9.84. The summed E-state index contributed by atoms with van der Waals surface area (Å²) in [6.07, 6.45) is 0.688. The number of nitrogens with two attached hydrogens (primary N) is 1. The molecule has 0 aromatic heterocycles. The maximum absolute atomic E-state index is 12.8. The molecule has 0 bridgehead atoms. The molecule has 1 atom stereocenters. The van der Waals surface area contributed by atoms with E-state index in [1.807, 2.05) is 6.92 Å². The van der Waals surface area contributed by atoms with E-state index in [1.54, 1.807) is 0 Å². The molecule has 0 heterocycles. The summed E-state index contributed by atoms with van der Waals surface area (Å²) < 4.78 is 12.8. The van der Waals surface area contributed by atoms with Crippen molar-refractivity contribution in [2.75, 3.05) is 0 Å². The summed E-state index contributed by atoms with van der Waals surface area (Å²) in [6.45, 7) is 1.90. The Balaban J connectivity index is 3.03. The zero-order valence-electron chi connectivity index (χ0n) is 7.42. The van der Waals surface area contributed by atoms with E-state index in [-0.39, 0.29) is 17.6 Å². The molecule has 72 valence electrons. The number of hydrogen-bond donors (Lipinski definition) is 3. The van der Waals surface area contributed by atoms with Gasteiger partial charge in [0.05, 0.1) is 0 Å². The number of halogens is 1. The Morgan fingerprint density at radius 2 is 2.31 bits per heavy atom. The maximum atomic E-state index is 12.8. The Kier molecular flexibility index (Phi) is 3.22. The fourth-order valence-electron chi connectivity index (χ4n) is 1.23. The van der Waals surface area contributed by atoms with Crippen LogP contribution in [0.5, 0.6) is 5.75 Å². The van der Waals surface area contributed by atoms with Gasteiger partial charge in [-0.2, -0.15) is 0 Å². The smallest absolute Gasteiger partial charge is 0.123 e. The predicted octanol–water partition coefficient (Wildman–Crippen LogP) is 1.45. The van der Waals surface area contributed by atoms with Gasteiger partial charge in [-0.25, -0.2) is 4.39 Å². The van der Waals surface area contributed by atoms with Gasteiger partial charge in [0.25, 0.3) is 0 Å². The number of nitrogens with one attached hydrogen (secondary N) is 1. The van der Waals surface area contributed by atoms with Gasteiger partial charge in [-0.1, -0.05) is 6.92 Å². The van der Waals surface area contributed by atoms with Gasteiger partial charge < -0.3 is 5.11 Å². The number of benzene rings is 1. The summed E-state index contributed by atoms with van der Waals surface area (Å²) in [7, 11) is 0. The average molecular weight is 184 g/mol. The van der Waals surface area contributed by atoms with E-state index in [2.05, 4.69) is 5.43 Å². The second-order valence-electron chi connectivity index (χ2n) is 2.83. The fraction of sp³-hybridized carbons (Fsp3) is 0.333. The lowest BCUT2D eigenvalue weighted by atomic mass is 10.0. The van der Waals surface area contributed by atoms with Crippen LogP contribution in [0.25, 0.3) is 0 Å². The van der Waals surface area contributed by atoms with E-state index in [4.69, 9.17) is 5.84 Å². The number of aromatic hydroxyl groups is 1. The van der Waals surface area contributed by atoms with Crippen molar-refractivity contribution >= 4 is 0 Å². The minimum Gasteiger partial charge on any atom is -0.508 e. The van der Waals surface area contributed by atoms with Crippen LogP contribution in [0.4, 0.5) is 4.39 Å². The maximum Gasteiger partial charge on any atom is 0.123 e. The fourth-order valence-corrected chi connectivity index (χ4v) is 1.23. The summed E-state index contributed by atoms with van der Waals surface area (Å²) >= 11 is 0. The van der Waals surface area contributed by atoms with Crippen molar-refractivity contribution in [3.63, 3.8) is 0 Å². The van der Waals surface area contributed by atoms with Gasteiger partial charge in [0.2, 0.25) is 0 Å². The predicted molar refractivity (Wildman–Crippen MR) is 48.4 cm³/mol. The zero-order valence-corrected chi connectivity index (χ0v) is 7.42. The Labute approximate surface area is 76.3 Å². The molecule has 0 spiro atoms. The SMILES string of the molecule is CC[C@H](NN)c1cc(F)ccc1O. The van der Waals surface area contributed by atoms with Crippen molar-refractivity contribution in [1.82, 2.24) is 5.43 Å². The van der Waals surface area contributed by atoms with Crippen LogP contribution in [0, 0.1) is 5.82 Å². The molecule has 0 radical (unpaired) electrons. The van der Waals surface area contributed by atoms with Crippen molar-refractivity contribution in [3.8, 4) is 5.75 Å². The third-order valence-corrected chi connectivity index (χ3v) is 1.97. The number of phenols is 1. The van der Waals surface area contributed by atoms with Crippen molar-refractivity contribution in [3.05, 3.63) is 29.6 Å². The highest BCUT2D eigenvalue weighted by Crippen LogP contribution is 2.26. The molecule has 4 heteroatoms. The molecule has 0 aliphatic heterocycles. The first-order valence-electron chi connectivity index (χ1n) is 4.13. The highest BCUT2D eigenvalue weighted by molar-refractivity contribution is 5.35. The minimum absolute atomic E-state index is 0.0613. The molecule has 0 fully saturated rings. The first-order chi connectivity index (χ1) is 6.19. The molecule has 13 heavy (non-hydrogen) atoms. The lowest BCUT2D eigenvalue weighted by Gasteiger charge is -2.15. The van der Waals surface area contributed by atoms with Crippen LogP contribution < -0.4 is 11.3 Å². The van der Waals surface area contributed by atoms with Crippen LogP contribution >= 0.6 is 0 Å². The lowest BCUT2D eigenvalue weighted by Crippen LogP contribution is -2.27. The molecule has 1 aromatic carbocycles. The van der Waals surface area contributed by atoms with Gasteiger partial charge in [0, 0.05) is 11.6 Å². The number of hydrazine groups is 1. The number of rotatable bonds is 3. The standard InChI is InChI=1S/C9H13FN2O/c1-2-8(12-11)7-5-6(10)3-4-9(7)13/h3-5,8,12-13H,2,11H2,1H3/t8-/m0/s1. The molecule has 0 aliphatic carbocycles. The van der Waals surface area contributed by atoms with Crippen molar-refractivity contribution in [2.24, 2.45) is 5.84 Å². The van der Waals surface area contributed by atoms with Gasteiger partial charge in [-0.15, -0.1) is 0 Å². The van der Waals surface area contributed by atoms with E-state index < -0.39 is 0 Å². The third kappa shape index (κ3) is 2.17. The normalized spacial score (nSPS) is 12.8. The van der Waals surface area contributed by atoms with Gasteiger partial charge in [0.15, 0.2) is 0 Å². The summed E-state index contributed by atoms with van der Waals surface area (Å²) in [5.74, 6) is 4.94. The van der Waals surface area contributed by atoms with Crippen molar-refractivity contribution in [2.45, 2.75) is 19.4 Å². The highest BCUT2D eigenvalue weighted by Gasteiger charge is 2.12. The van der Waals surface area contributed by atoms with Crippen LogP contribution in [-0.2, 0) is 0 Å². The second-order valence-corrected chi connectivity index (χ2v) is 2.83. The second kappa shape index (κ2) is 4.20. The van der Waals surface area contributed by atoms with Gasteiger partial charge in [0.1, 0.15) is 11.6 Å². The third-order valence-electron chi connectivity index (χ3n) is 1.97. The summed E-state index contributed by atoms with van der Waals surface area (Å²) in [5.41, 5.74) is 3.00. The molecule has 1 aromatic rings. The Morgan fingerprint density at radius 1 is 1.62 bits per heavy atom. The van der Waals surface area contributed by atoms with Crippen LogP contribution in [0.15, 0.2) is 18.2 Å². The number of phenolic OH excluding ortho intramolecular Hbond substituents is 1. The first kappa shape index (κ1) is 9.95. The quantitative estimate of drug-likeness (QED) is 0.492. The monoisotopic (exact) mass is 184 g/mol.